The number of nitrogens with one attached hydrogen (secondary N) is 1. The molecule has 118 valence electrons. The first-order valence-corrected chi connectivity index (χ1v) is 7.83. The van der Waals surface area contributed by atoms with Gasteiger partial charge < -0.3 is 15.8 Å². The van der Waals surface area contributed by atoms with Crippen LogP contribution in [-0.2, 0) is 4.79 Å². The maximum Gasteiger partial charge on any atom is 0.270 e. The Morgan fingerprint density at radius 2 is 2.05 bits per heavy atom. The average molecular weight is 303 g/mol. The Hall–Kier alpha value is -2.11. The Kier molecular flexibility index (Phi) is 4.27. The molecule has 0 atom stereocenters. The summed E-state index contributed by atoms with van der Waals surface area (Å²) in [5, 5.41) is 2.64. The van der Waals surface area contributed by atoms with Gasteiger partial charge in [0.25, 0.3) is 5.91 Å². The van der Waals surface area contributed by atoms with E-state index in [0.717, 1.165) is 18.4 Å². The van der Waals surface area contributed by atoms with Crippen LogP contribution in [0, 0.1) is 5.92 Å². The molecule has 2 aliphatic rings. The molecule has 0 saturated heterocycles. The van der Waals surface area contributed by atoms with Gasteiger partial charge in [0.15, 0.2) is 0 Å². The van der Waals surface area contributed by atoms with E-state index >= 15 is 0 Å². The van der Waals surface area contributed by atoms with Gasteiger partial charge in [-0.3, -0.25) is 9.59 Å². The van der Waals surface area contributed by atoms with Crippen molar-refractivity contribution in [3.8, 4) is 5.88 Å². The Balaban J connectivity index is 1.66. The topological polar surface area (TPSA) is 94.3 Å². The quantitative estimate of drug-likeness (QED) is 0.758. The predicted octanol–water partition coefficient (Wildman–Crippen LogP) is 1.35. The number of primary amides is 1. The number of rotatable bonds is 8. The maximum absolute atomic E-state index is 12.0. The summed E-state index contributed by atoms with van der Waals surface area (Å²) < 4.78 is 5.83. The van der Waals surface area contributed by atoms with E-state index in [-0.39, 0.29) is 18.9 Å². The summed E-state index contributed by atoms with van der Waals surface area (Å²) in [6.07, 6.45) is 4.87. The van der Waals surface area contributed by atoms with Gasteiger partial charge in [0.2, 0.25) is 11.8 Å². The lowest BCUT2D eigenvalue weighted by Gasteiger charge is -2.11. The first kappa shape index (κ1) is 14.8. The number of pyridine rings is 1. The fourth-order valence-corrected chi connectivity index (χ4v) is 2.27. The molecular weight excluding hydrogens is 282 g/mol. The van der Waals surface area contributed by atoms with E-state index in [4.69, 9.17) is 10.5 Å². The van der Waals surface area contributed by atoms with Gasteiger partial charge in [-0.1, -0.05) is 6.07 Å². The Morgan fingerprint density at radius 3 is 2.68 bits per heavy atom. The molecule has 0 radical (unpaired) electrons. The van der Waals surface area contributed by atoms with E-state index < -0.39 is 5.91 Å². The van der Waals surface area contributed by atoms with Crippen molar-refractivity contribution in [1.29, 1.82) is 0 Å². The molecule has 6 heteroatoms. The van der Waals surface area contributed by atoms with Crippen molar-refractivity contribution in [2.75, 3.05) is 13.2 Å². The summed E-state index contributed by atoms with van der Waals surface area (Å²) in [6, 6.07) is 3.66. The van der Waals surface area contributed by atoms with E-state index in [1.54, 1.807) is 6.07 Å². The van der Waals surface area contributed by atoms with Gasteiger partial charge in [-0.05, 0) is 43.6 Å². The Bertz CT molecular complexity index is 580. The molecule has 6 nitrogen and oxygen atoms in total. The van der Waals surface area contributed by atoms with Crippen molar-refractivity contribution in [2.24, 2.45) is 11.7 Å². The van der Waals surface area contributed by atoms with Gasteiger partial charge in [-0.2, -0.15) is 0 Å². The molecule has 2 aliphatic carbocycles. The monoisotopic (exact) mass is 303 g/mol. The molecule has 0 spiro atoms. The van der Waals surface area contributed by atoms with E-state index in [9.17, 15) is 9.59 Å². The Labute approximate surface area is 129 Å². The van der Waals surface area contributed by atoms with Crippen molar-refractivity contribution < 1.29 is 14.3 Å². The second-order valence-corrected chi connectivity index (χ2v) is 6.09. The zero-order valence-electron chi connectivity index (χ0n) is 12.5. The molecule has 2 saturated carbocycles. The van der Waals surface area contributed by atoms with Crippen molar-refractivity contribution in [1.82, 2.24) is 10.3 Å². The lowest BCUT2D eigenvalue weighted by molar-refractivity contribution is -0.117. The van der Waals surface area contributed by atoms with Crippen LogP contribution in [-0.4, -0.2) is 29.9 Å². The fourth-order valence-electron chi connectivity index (χ4n) is 2.27. The predicted molar refractivity (Wildman–Crippen MR) is 80.6 cm³/mol. The molecule has 1 heterocycles. The number of aromatic nitrogens is 1. The number of amides is 2. The largest absolute Gasteiger partial charge is 0.477 e. The summed E-state index contributed by atoms with van der Waals surface area (Å²) in [4.78, 5) is 27.1. The van der Waals surface area contributed by atoms with Crippen LogP contribution in [0.2, 0.25) is 0 Å². The average Bonchev–Trinajstić information content (AvgIpc) is 3.38. The SMILES string of the molecule is NC(=O)CCNC(=O)c1ccc(C2CC2)c(OCC2CC2)n1. The van der Waals surface area contributed by atoms with Crippen molar-refractivity contribution in [3.05, 3.63) is 23.4 Å². The molecule has 0 aliphatic heterocycles. The number of hydrogen-bond donors (Lipinski definition) is 2. The highest BCUT2D eigenvalue weighted by atomic mass is 16.5. The third-order valence-electron chi connectivity index (χ3n) is 3.95. The van der Waals surface area contributed by atoms with E-state index in [0.29, 0.717) is 30.0 Å². The summed E-state index contributed by atoms with van der Waals surface area (Å²) >= 11 is 0. The van der Waals surface area contributed by atoms with Gasteiger partial charge in [0, 0.05) is 18.5 Å². The highest BCUT2D eigenvalue weighted by Gasteiger charge is 2.29. The highest BCUT2D eigenvalue weighted by molar-refractivity contribution is 5.92. The summed E-state index contributed by atoms with van der Waals surface area (Å²) in [5.74, 6) is 1.01. The number of carbonyl (C=O) groups is 2. The van der Waals surface area contributed by atoms with Gasteiger partial charge in [-0.25, -0.2) is 4.98 Å². The van der Waals surface area contributed by atoms with E-state index in [1.807, 2.05) is 6.07 Å². The van der Waals surface area contributed by atoms with Crippen LogP contribution in [0.3, 0.4) is 0 Å². The van der Waals surface area contributed by atoms with E-state index in [1.165, 1.54) is 12.8 Å². The number of nitrogens with two attached hydrogens (primary N) is 1. The smallest absolute Gasteiger partial charge is 0.270 e. The summed E-state index contributed by atoms with van der Waals surface area (Å²) in [5.41, 5.74) is 6.47. The maximum atomic E-state index is 12.0. The van der Waals surface area contributed by atoms with Crippen LogP contribution in [0.25, 0.3) is 0 Å². The first-order valence-electron chi connectivity index (χ1n) is 7.83. The molecule has 3 N–H and O–H groups in total. The third kappa shape index (κ3) is 3.96. The second-order valence-electron chi connectivity index (χ2n) is 6.09. The molecule has 3 rings (SSSR count). The molecule has 1 aromatic heterocycles. The van der Waals surface area contributed by atoms with E-state index in [2.05, 4.69) is 10.3 Å². The first-order chi connectivity index (χ1) is 10.6. The highest BCUT2D eigenvalue weighted by Crippen LogP contribution is 2.44. The van der Waals surface area contributed by atoms with Crippen LogP contribution >= 0.6 is 0 Å². The summed E-state index contributed by atoms with van der Waals surface area (Å²) in [6.45, 7) is 0.901. The van der Waals surface area contributed by atoms with Crippen LogP contribution in [0.4, 0.5) is 0 Å². The number of carbonyl (C=O) groups excluding carboxylic acids is 2. The fraction of sp³-hybridized carbons (Fsp3) is 0.562. The van der Waals surface area contributed by atoms with Gasteiger partial charge in [-0.15, -0.1) is 0 Å². The number of hydrogen-bond acceptors (Lipinski definition) is 4. The molecule has 1 aromatic rings. The lowest BCUT2D eigenvalue weighted by Crippen LogP contribution is -2.28. The van der Waals surface area contributed by atoms with Gasteiger partial charge in [0.05, 0.1) is 6.61 Å². The minimum atomic E-state index is -0.439. The zero-order valence-corrected chi connectivity index (χ0v) is 12.5. The normalized spacial score (nSPS) is 17.1. The number of nitrogens with zero attached hydrogens (tertiary/aromatic N) is 1. The third-order valence-corrected chi connectivity index (χ3v) is 3.95. The van der Waals surface area contributed by atoms with Crippen LogP contribution in [0.15, 0.2) is 12.1 Å². The van der Waals surface area contributed by atoms with Crippen molar-refractivity contribution in [2.45, 2.75) is 38.0 Å². The second kappa shape index (κ2) is 6.34. The molecule has 0 unspecified atom stereocenters. The standard InChI is InChI=1S/C16H21N3O3/c17-14(20)7-8-18-15(21)13-6-5-12(11-3-4-11)16(19-13)22-9-10-1-2-10/h5-6,10-11H,1-4,7-9H2,(H2,17,20)(H,18,21). The van der Waals surface area contributed by atoms with Crippen molar-refractivity contribution >= 4 is 11.8 Å². The van der Waals surface area contributed by atoms with Crippen molar-refractivity contribution in [3.63, 3.8) is 0 Å². The molecular formula is C16H21N3O3. The van der Waals surface area contributed by atoms with Crippen LogP contribution < -0.4 is 15.8 Å². The van der Waals surface area contributed by atoms with Crippen LogP contribution in [0.5, 0.6) is 5.88 Å². The molecule has 2 fully saturated rings. The van der Waals surface area contributed by atoms with Crippen LogP contribution in [0.1, 0.15) is 54.1 Å². The minimum absolute atomic E-state index is 0.122. The molecule has 0 aromatic carbocycles. The zero-order chi connectivity index (χ0) is 15.5. The summed E-state index contributed by atoms with van der Waals surface area (Å²) in [7, 11) is 0. The molecule has 22 heavy (non-hydrogen) atoms. The minimum Gasteiger partial charge on any atom is -0.477 e. The lowest BCUT2D eigenvalue weighted by atomic mass is 10.1. The Morgan fingerprint density at radius 1 is 1.27 bits per heavy atom. The molecule has 2 amide bonds. The van der Waals surface area contributed by atoms with Gasteiger partial charge >= 0.3 is 0 Å². The van der Waals surface area contributed by atoms with Gasteiger partial charge in [0.1, 0.15) is 5.69 Å². The number of ether oxygens (including phenoxy) is 1. The molecule has 0 bridgehead atoms.